The third-order valence-corrected chi connectivity index (χ3v) is 6.15. The summed E-state index contributed by atoms with van der Waals surface area (Å²) in [5.74, 6) is -3.01. The molecular weight excluding hydrogens is 512 g/mol. The van der Waals surface area contributed by atoms with Crippen LogP contribution in [0.1, 0.15) is 132 Å². The molecule has 2 rings (SSSR count). The van der Waals surface area contributed by atoms with Gasteiger partial charge in [0.25, 0.3) is 0 Å². The van der Waals surface area contributed by atoms with Gasteiger partial charge in [-0.3, -0.25) is 0 Å². The molecule has 8 heteroatoms. The average molecular weight is 557 g/mol. The van der Waals surface area contributed by atoms with E-state index < -0.39 is 23.9 Å². The van der Waals surface area contributed by atoms with Crippen LogP contribution in [0.5, 0.6) is 0 Å². The normalized spacial score (nSPS) is 10.2. The van der Waals surface area contributed by atoms with E-state index in [1.165, 1.54) is 69.2 Å². The summed E-state index contributed by atoms with van der Waals surface area (Å²) in [5.41, 5.74) is 0.768. The number of benzene rings is 2. The molecule has 0 amide bonds. The fourth-order valence-electron chi connectivity index (χ4n) is 3.82. The zero-order chi connectivity index (χ0) is 29.6. The molecule has 0 unspecified atom stereocenters. The van der Waals surface area contributed by atoms with Gasteiger partial charge in [0, 0.05) is 0 Å². The van der Waals surface area contributed by atoms with Gasteiger partial charge in [0.2, 0.25) is 0 Å². The lowest BCUT2D eigenvalue weighted by Gasteiger charge is -2.05. The molecule has 0 heterocycles. The maximum atomic E-state index is 11.8. The fourth-order valence-corrected chi connectivity index (χ4v) is 3.82. The summed E-state index contributed by atoms with van der Waals surface area (Å²) >= 11 is 0. The van der Waals surface area contributed by atoms with E-state index >= 15 is 0 Å². The van der Waals surface area contributed by atoms with Crippen LogP contribution >= 0.6 is 0 Å². The van der Waals surface area contributed by atoms with Crippen LogP contribution in [0, 0.1) is 0 Å². The van der Waals surface area contributed by atoms with E-state index in [1.54, 1.807) is 24.3 Å². The molecule has 220 valence electrons. The molecule has 0 aliphatic rings. The molecule has 0 radical (unpaired) electrons. The summed E-state index contributed by atoms with van der Waals surface area (Å²) in [5, 5.41) is 17.7. The lowest BCUT2D eigenvalue weighted by Crippen LogP contribution is -2.08. The number of unbranched alkanes of at least 4 members (excludes halogenated alkanes) is 10. The minimum atomic E-state index is -1.05. The number of carboxylic acid groups (broad SMARTS) is 2. The van der Waals surface area contributed by atoms with Gasteiger partial charge in [0.1, 0.15) is 0 Å². The summed E-state index contributed by atoms with van der Waals surface area (Å²) in [6.45, 7) is 5.12. The van der Waals surface area contributed by atoms with Gasteiger partial charge in [-0.25, -0.2) is 19.2 Å². The largest absolute Gasteiger partial charge is 0.478 e. The van der Waals surface area contributed by atoms with Crippen molar-refractivity contribution in [2.45, 2.75) is 90.9 Å². The number of hydrogen-bond donors (Lipinski definition) is 2. The van der Waals surface area contributed by atoms with Crippen molar-refractivity contribution in [3.05, 3.63) is 70.8 Å². The average Bonchev–Trinajstić information content (AvgIpc) is 2.96. The highest BCUT2D eigenvalue weighted by molar-refractivity contribution is 5.95. The second kappa shape index (κ2) is 21.2. The quantitative estimate of drug-likeness (QED) is 0.141. The Hall–Kier alpha value is -3.68. The Morgan fingerprint density at radius 3 is 1.20 bits per heavy atom. The Labute approximate surface area is 237 Å². The molecule has 0 atom stereocenters. The number of ether oxygens (including phenoxy) is 2. The highest BCUT2D eigenvalue weighted by Gasteiger charge is 2.11. The number of aromatic carboxylic acids is 2. The van der Waals surface area contributed by atoms with Crippen LogP contribution < -0.4 is 0 Å². The highest BCUT2D eigenvalue weighted by atomic mass is 16.5. The Balaban J connectivity index is 0.000000402. The molecule has 0 aliphatic heterocycles. The second-order valence-corrected chi connectivity index (χ2v) is 9.58. The van der Waals surface area contributed by atoms with E-state index in [0.29, 0.717) is 13.2 Å². The molecule has 2 aromatic carbocycles. The summed E-state index contributed by atoms with van der Waals surface area (Å²) in [6, 6.07) is 11.8. The van der Waals surface area contributed by atoms with Crippen LogP contribution in [0.2, 0.25) is 0 Å². The van der Waals surface area contributed by atoms with Crippen LogP contribution in [-0.4, -0.2) is 47.3 Å². The highest BCUT2D eigenvalue weighted by Crippen LogP contribution is 2.10. The first-order valence-electron chi connectivity index (χ1n) is 14.3. The van der Waals surface area contributed by atoms with E-state index in [-0.39, 0.29) is 22.3 Å². The zero-order valence-electron chi connectivity index (χ0n) is 23.9. The molecule has 0 saturated carbocycles. The Morgan fingerprint density at radius 1 is 0.525 bits per heavy atom. The van der Waals surface area contributed by atoms with Gasteiger partial charge in [0.05, 0.1) is 35.5 Å². The van der Waals surface area contributed by atoms with Crippen molar-refractivity contribution in [3.63, 3.8) is 0 Å². The number of esters is 2. The van der Waals surface area contributed by atoms with E-state index in [9.17, 15) is 19.2 Å². The van der Waals surface area contributed by atoms with Crippen LogP contribution in [0.25, 0.3) is 0 Å². The molecule has 0 bridgehead atoms. The summed E-state index contributed by atoms with van der Waals surface area (Å²) < 4.78 is 10.3. The maximum Gasteiger partial charge on any atom is 0.338 e. The van der Waals surface area contributed by atoms with Gasteiger partial charge in [-0.05, 0) is 49.2 Å². The Morgan fingerprint density at radius 2 is 0.850 bits per heavy atom. The van der Waals surface area contributed by atoms with Gasteiger partial charge in [-0.2, -0.15) is 0 Å². The third kappa shape index (κ3) is 15.0. The fraction of sp³-hybridized carbons (Fsp3) is 0.500. The van der Waals surface area contributed by atoms with Gasteiger partial charge in [0.15, 0.2) is 0 Å². The maximum absolute atomic E-state index is 11.8. The molecule has 0 fully saturated rings. The number of carboxylic acids is 2. The van der Waals surface area contributed by atoms with E-state index in [4.69, 9.17) is 19.7 Å². The van der Waals surface area contributed by atoms with E-state index in [2.05, 4.69) is 13.8 Å². The molecule has 0 aromatic heterocycles. The predicted octanol–water partition coefficient (Wildman–Crippen LogP) is 7.80. The van der Waals surface area contributed by atoms with Crippen molar-refractivity contribution in [2.24, 2.45) is 0 Å². The van der Waals surface area contributed by atoms with Crippen molar-refractivity contribution in [3.8, 4) is 0 Å². The molecule has 0 spiro atoms. The molecule has 8 nitrogen and oxygen atoms in total. The summed E-state index contributed by atoms with van der Waals surface area (Å²) in [4.78, 5) is 45.1. The van der Waals surface area contributed by atoms with Crippen molar-refractivity contribution in [1.82, 2.24) is 0 Å². The number of rotatable bonds is 18. The summed E-state index contributed by atoms with van der Waals surface area (Å²) in [7, 11) is 0. The first-order valence-corrected chi connectivity index (χ1v) is 14.3. The van der Waals surface area contributed by atoms with Gasteiger partial charge < -0.3 is 19.7 Å². The van der Waals surface area contributed by atoms with Gasteiger partial charge in [-0.1, -0.05) is 90.2 Å². The first kappa shape index (κ1) is 34.3. The minimum Gasteiger partial charge on any atom is -0.478 e. The first-order chi connectivity index (χ1) is 19.3. The number of hydrogen-bond acceptors (Lipinski definition) is 6. The lowest BCUT2D eigenvalue weighted by atomic mass is 10.1. The smallest absolute Gasteiger partial charge is 0.338 e. The topological polar surface area (TPSA) is 127 Å². The van der Waals surface area contributed by atoms with E-state index in [1.807, 2.05) is 0 Å². The molecule has 40 heavy (non-hydrogen) atoms. The van der Waals surface area contributed by atoms with Crippen molar-refractivity contribution in [2.75, 3.05) is 13.2 Å². The molecule has 2 N–H and O–H groups in total. The molecule has 0 saturated heterocycles. The van der Waals surface area contributed by atoms with Gasteiger partial charge in [-0.15, -0.1) is 0 Å². The minimum absolute atomic E-state index is 0.0948. The predicted molar refractivity (Wildman–Crippen MR) is 154 cm³/mol. The third-order valence-electron chi connectivity index (χ3n) is 6.15. The summed E-state index contributed by atoms with van der Waals surface area (Å²) in [6.07, 6.45) is 13.6. The van der Waals surface area contributed by atoms with Crippen molar-refractivity contribution < 1.29 is 38.9 Å². The Kier molecular flexibility index (Phi) is 18.2. The molecule has 0 aliphatic carbocycles. The standard InChI is InChI=1S/C17H24O4.C15H20O4/c1-2-3-4-5-6-7-8-12-21-17(20)15-11-9-10-14(13-15)16(18)19;1-2-3-4-5-6-10-19-15(18)13-9-7-8-12(11-13)14(16)17/h9-11,13H,2-8,12H2,1H3,(H,18,19);7-9,11H,2-6,10H2,1H3,(H,16,17). The monoisotopic (exact) mass is 556 g/mol. The van der Waals surface area contributed by atoms with Crippen LogP contribution in [-0.2, 0) is 9.47 Å². The SMILES string of the molecule is CCCCCCCCCOC(=O)c1cccc(C(=O)O)c1.CCCCCCCOC(=O)c1cccc(C(=O)O)c1. The number of carbonyl (C=O) groups is 4. The van der Waals surface area contributed by atoms with Gasteiger partial charge >= 0.3 is 23.9 Å². The lowest BCUT2D eigenvalue weighted by molar-refractivity contribution is 0.0488. The van der Waals surface area contributed by atoms with Crippen LogP contribution in [0.4, 0.5) is 0 Å². The van der Waals surface area contributed by atoms with E-state index in [0.717, 1.165) is 32.1 Å². The Bertz CT molecular complexity index is 1050. The zero-order valence-corrected chi connectivity index (χ0v) is 23.9. The number of carbonyl (C=O) groups excluding carboxylic acids is 2. The molecular formula is C32H44O8. The van der Waals surface area contributed by atoms with Crippen molar-refractivity contribution >= 4 is 23.9 Å². The van der Waals surface area contributed by atoms with Crippen LogP contribution in [0.3, 0.4) is 0 Å². The van der Waals surface area contributed by atoms with Crippen LogP contribution in [0.15, 0.2) is 48.5 Å². The van der Waals surface area contributed by atoms with Crippen molar-refractivity contribution in [1.29, 1.82) is 0 Å². The molecule has 2 aromatic rings. The second-order valence-electron chi connectivity index (χ2n) is 9.58.